The quantitative estimate of drug-likeness (QED) is 0.605. The third-order valence-corrected chi connectivity index (χ3v) is 5.34. The van der Waals surface area contributed by atoms with Crippen LogP contribution < -0.4 is 0 Å². The van der Waals surface area contributed by atoms with Crippen LogP contribution >= 0.6 is 11.8 Å². The van der Waals surface area contributed by atoms with Gasteiger partial charge in [-0.2, -0.15) is 11.8 Å². The first-order chi connectivity index (χ1) is 9.56. The summed E-state index contributed by atoms with van der Waals surface area (Å²) >= 11 is 1.52. The van der Waals surface area contributed by atoms with Crippen molar-refractivity contribution in [3.63, 3.8) is 0 Å². The number of carbonyl (C=O) groups excluding carboxylic acids is 2. The Morgan fingerprint density at radius 1 is 1.35 bits per heavy atom. The molecule has 3 aliphatic rings. The largest absolute Gasteiger partial charge is 0.480 e. The number of imide groups is 1. The van der Waals surface area contributed by atoms with Crippen molar-refractivity contribution in [3.05, 3.63) is 12.2 Å². The number of amides is 2. The Morgan fingerprint density at radius 3 is 2.35 bits per heavy atom. The number of hydrogen-bond acceptors (Lipinski definition) is 4. The Bertz CT molecular complexity index is 473. The van der Waals surface area contributed by atoms with Crippen molar-refractivity contribution in [3.8, 4) is 0 Å². The van der Waals surface area contributed by atoms with E-state index in [1.807, 2.05) is 18.4 Å². The summed E-state index contributed by atoms with van der Waals surface area (Å²) in [5.74, 6) is -1.38. The van der Waals surface area contributed by atoms with Gasteiger partial charge in [0.2, 0.25) is 11.8 Å². The molecule has 108 valence electrons. The molecule has 0 unspecified atom stereocenters. The number of allylic oxidation sites excluding steroid dienone is 2. The van der Waals surface area contributed by atoms with Gasteiger partial charge < -0.3 is 5.11 Å². The lowest BCUT2D eigenvalue weighted by Crippen LogP contribution is -2.46. The molecule has 2 bridgehead atoms. The summed E-state index contributed by atoms with van der Waals surface area (Å²) < 4.78 is 0. The van der Waals surface area contributed by atoms with Crippen LogP contribution in [0.25, 0.3) is 0 Å². The van der Waals surface area contributed by atoms with Gasteiger partial charge in [0, 0.05) is 0 Å². The van der Waals surface area contributed by atoms with Crippen LogP contribution in [0.2, 0.25) is 0 Å². The van der Waals surface area contributed by atoms with Crippen LogP contribution in [0.15, 0.2) is 12.2 Å². The Balaban J connectivity index is 1.86. The van der Waals surface area contributed by atoms with E-state index < -0.39 is 12.0 Å². The molecule has 3 rings (SSSR count). The van der Waals surface area contributed by atoms with Gasteiger partial charge in [-0.05, 0) is 36.7 Å². The molecule has 1 saturated carbocycles. The zero-order valence-electron chi connectivity index (χ0n) is 11.2. The van der Waals surface area contributed by atoms with Crippen molar-refractivity contribution in [2.45, 2.75) is 18.9 Å². The highest BCUT2D eigenvalue weighted by molar-refractivity contribution is 7.98. The number of nitrogens with zero attached hydrogens (tertiary/aromatic N) is 1. The molecule has 0 aromatic carbocycles. The molecule has 2 fully saturated rings. The Kier molecular flexibility index (Phi) is 3.36. The molecule has 2 aliphatic carbocycles. The normalized spacial score (nSPS) is 35.8. The molecular weight excluding hydrogens is 278 g/mol. The minimum absolute atomic E-state index is 0.126. The number of rotatable bonds is 5. The molecule has 1 aliphatic heterocycles. The van der Waals surface area contributed by atoms with Gasteiger partial charge in [-0.3, -0.25) is 14.5 Å². The molecule has 0 spiro atoms. The van der Waals surface area contributed by atoms with E-state index in [9.17, 15) is 19.5 Å². The molecule has 20 heavy (non-hydrogen) atoms. The fraction of sp³-hybridized carbons (Fsp3) is 0.643. The molecule has 1 heterocycles. The molecule has 6 heteroatoms. The molecule has 5 nitrogen and oxygen atoms in total. The fourth-order valence-corrected chi connectivity index (χ4v) is 4.28. The van der Waals surface area contributed by atoms with E-state index in [0.29, 0.717) is 12.2 Å². The van der Waals surface area contributed by atoms with Gasteiger partial charge in [0.15, 0.2) is 0 Å². The highest BCUT2D eigenvalue weighted by atomic mass is 32.2. The van der Waals surface area contributed by atoms with E-state index in [1.54, 1.807) is 0 Å². The van der Waals surface area contributed by atoms with Crippen molar-refractivity contribution in [2.75, 3.05) is 12.0 Å². The lowest BCUT2D eigenvalue weighted by Gasteiger charge is -2.24. The van der Waals surface area contributed by atoms with Crippen LogP contribution in [-0.4, -0.2) is 45.8 Å². The summed E-state index contributed by atoms with van der Waals surface area (Å²) in [5, 5.41) is 9.34. The molecule has 0 aromatic heterocycles. The van der Waals surface area contributed by atoms with Gasteiger partial charge in [0.25, 0.3) is 0 Å². The molecule has 1 saturated heterocycles. The summed E-state index contributed by atoms with van der Waals surface area (Å²) in [7, 11) is 0. The topological polar surface area (TPSA) is 74.7 Å². The first-order valence-electron chi connectivity index (χ1n) is 6.83. The molecule has 1 N–H and O–H groups in total. The average Bonchev–Trinajstić information content (AvgIpc) is 3.07. The van der Waals surface area contributed by atoms with Crippen molar-refractivity contribution in [2.24, 2.45) is 23.7 Å². The third kappa shape index (κ3) is 1.81. The van der Waals surface area contributed by atoms with Gasteiger partial charge in [0.1, 0.15) is 6.04 Å². The van der Waals surface area contributed by atoms with Crippen molar-refractivity contribution >= 4 is 29.5 Å². The molecule has 5 atom stereocenters. The number of likely N-dealkylation sites (tertiary alicyclic amines) is 1. The van der Waals surface area contributed by atoms with Gasteiger partial charge in [-0.15, -0.1) is 0 Å². The SMILES string of the molecule is CSCC[C@H](C(=O)O)N1C(=O)[C@@H]2[C@@H](C1=O)[C@H]1C=C[C@H]2C1. The van der Waals surface area contributed by atoms with E-state index in [2.05, 4.69) is 0 Å². The van der Waals surface area contributed by atoms with Crippen molar-refractivity contribution < 1.29 is 19.5 Å². The third-order valence-electron chi connectivity index (χ3n) is 4.70. The van der Waals surface area contributed by atoms with Crippen LogP contribution in [0.1, 0.15) is 12.8 Å². The fourth-order valence-electron chi connectivity index (χ4n) is 3.83. The molecular formula is C14H17NO4S. The average molecular weight is 295 g/mol. The van der Waals surface area contributed by atoms with Crippen molar-refractivity contribution in [1.82, 2.24) is 4.90 Å². The number of hydrogen-bond donors (Lipinski definition) is 1. The number of thioether (sulfide) groups is 1. The second kappa shape index (κ2) is 4.91. The van der Waals surface area contributed by atoms with Gasteiger partial charge in [0.05, 0.1) is 11.8 Å². The van der Waals surface area contributed by atoms with Crippen LogP contribution in [0, 0.1) is 23.7 Å². The lowest BCUT2D eigenvalue weighted by atomic mass is 9.85. The maximum atomic E-state index is 12.5. The first kappa shape index (κ1) is 13.7. The predicted octanol–water partition coefficient (Wildman–Crippen LogP) is 1.000. The highest BCUT2D eigenvalue weighted by Gasteiger charge is 2.61. The van der Waals surface area contributed by atoms with Crippen LogP contribution in [-0.2, 0) is 14.4 Å². The number of carboxylic acids is 1. The van der Waals surface area contributed by atoms with Crippen LogP contribution in [0.4, 0.5) is 0 Å². The van der Waals surface area contributed by atoms with E-state index in [0.717, 1.165) is 11.3 Å². The Hall–Kier alpha value is -1.30. The summed E-state index contributed by atoms with van der Waals surface area (Å²) in [6.07, 6.45) is 7.08. The van der Waals surface area contributed by atoms with Gasteiger partial charge >= 0.3 is 5.97 Å². The minimum Gasteiger partial charge on any atom is -0.480 e. The minimum atomic E-state index is -1.08. The van der Waals surface area contributed by atoms with E-state index in [-0.39, 0.29) is 35.5 Å². The van der Waals surface area contributed by atoms with E-state index in [4.69, 9.17) is 0 Å². The summed E-state index contributed by atoms with van der Waals surface area (Å²) in [4.78, 5) is 37.4. The number of carbonyl (C=O) groups is 3. The smallest absolute Gasteiger partial charge is 0.326 e. The lowest BCUT2D eigenvalue weighted by molar-refractivity contribution is -0.155. The molecule has 0 radical (unpaired) electrons. The van der Waals surface area contributed by atoms with Gasteiger partial charge in [-0.1, -0.05) is 12.2 Å². The van der Waals surface area contributed by atoms with Crippen molar-refractivity contribution in [1.29, 1.82) is 0 Å². The second-order valence-electron chi connectivity index (χ2n) is 5.68. The number of fused-ring (bicyclic) bond motifs is 5. The monoisotopic (exact) mass is 295 g/mol. The Morgan fingerprint density at radius 2 is 1.90 bits per heavy atom. The highest BCUT2D eigenvalue weighted by Crippen LogP contribution is 2.52. The molecule has 2 amide bonds. The predicted molar refractivity (Wildman–Crippen MR) is 74.0 cm³/mol. The zero-order chi connectivity index (χ0) is 14.4. The maximum Gasteiger partial charge on any atom is 0.326 e. The Labute approximate surface area is 121 Å². The first-order valence-corrected chi connectivity index (χ1v) is 8.22. The second-order valence-corrected chi connectivity index (χ2v) is 6.67. The zero-order valence-corrected chi connectivity index (χ0v) is 12.0. The van der Waals surface area contributed by atoms with Crippen LogP contribution in [0.3, 0.4) is 0 Å². The molecule has 0 aromatic rings. The van der Waals surface area contributed by atoms with E-state index in [1.165, 1.54) is 11.8 Å². The summed E-state index contributed by atoms with van der Waals surface area (Å²) in [5.41, 5.74) is 0. The standard InChI is InChI=1S/C14H17NO4S/c1-20-5-4-9(14(18)19)15-12(16)10-7-2-3-8(6-7)11(10)13(15)17/h2-3,7-11H,4-6H2,1H3,(H,18,19)/t7-,8-,9+,10-,11-/m0/s1. The number of carboxylic acid groups (broad SMARTS) is 1. The van der Waals surface area contributed by atoms with Gasteiger partial charge in [-0.25, -0.2) is 4.79 Å². The summed E-state index contributed by atoms with van der Waals surface area (Å²) in [6.45, 7) is 0. The summed E-state index contributed by atoms with van der Waals surface area (Å²) in [6, 6.07) is -1.01. The van der Waals surface area contributed by atoms with E-state index >= 15 is 0 Å². The number of aliphatic carboxylic acids is 1. The van der Waals surface area contributed by atoms with Crippen LogP contribution in [0.5, 0.6) is 0 Å². The maximum absolute atomic E-state index is 12.5.